The Balaban J connectivity index is 2.29. The molecule has 0 saturated heterocycles. The third-order valence-electron chi connectivity index (χ3n) is 2.90. The number of thiazole rings is 1. The SMILES string of the molecule is CCNCc1c(N(C)CC(=O)NC)nc2sccn12. The van der Waals surface area contributed by atoms with Crippen LogP contribution >= 0.6 is 11.3 Å². The molecule has 1 amide bonds. The first-order valence-corrected chi connectivity index (χ1v) is 7.12. The number of carbonyl (C=O) groups excluding carboxylic acids is 1. The summed E-state index contributed by atoms with van der Waals surface area (Å²) >= 11 is 1.59. The minimum Gasteiger partial charge on any atom is -0.358 e. The van der Waals surface area contributed by atoms with E-state index < -0.39 is 0 Å². The van der Waals surface area contributed by atoms with E-state index in [4.69, 9.17) is 0 Å². The lowest BCUT2D eigenvalue weighted by Gasteiger charge is -2.17. The lowest BCUT2D eigenvalue weighted by molar-refractivity contribution is -0.119. The highest BCUT2D eigenvalue weighted by molar-refractivity contribution is 7.15. The van der Waals surface area contributed by atoms with Gasteiger partial charge in [0, 0.05) is 32.2 Å². The number of hydrogen-bond acceptors (Lipinski definition) is 5. The van der Waals surface area contributed by atoms with Crippen LogP contribution in [0.15, 0.2) is 11.6 Å². The summed E-state index contributed by atoms with van der Waals surface area (Å²) in [6, 6.07) is 0. The van der Waals surface area contributed by atoms with Crippen molar-refractivity contribution in [3.63, 3.8) is 0 Å². The Morgan fingerprint density at radius 2 is 2.37 bits per heavy atom. The number of anilines is 1. The fourth-order valence-corrected chi connectivity index (χ4v) is 2.63. The van der Waals surface area contributed by atoms with Crippen molar-refractivity contribution in [2.24, 2.45) is 0 Å². The number of amides is 1. The predicted octanol–water partition coefficient (Wildman–Crippen LogP) is 0.687. The van der Waals surface area contributed by atoms with Crippen LogP contribution in [0.2, 0.25) is 0 Å². The average Bonchev–Trinajstić information content (AvgIpc) is 2.96. The first-order chi connectivity index (χ1) is 9.17. The molecule has 2 aromatic rings. The molecule has 0 radical (unpaired) electrons. The molecule has 7 heteroatoms. The lowest BCUT2D eigenvalue weighted by atomic mass is 10.3. The Bertz CT molecular complexity index is 561. The topological polar surface area (TPSA) is 61.7 Å². The van der Waals surface area contributed by atoms with Gasteiger partial charge in [-0.2, -0.15) is 0 Å². The Labute approximate surface area is 116 Å². The van der Waals surface area contributed by atoms with Gasteiger partial charge in [0.2, 0.25) is 5.91 Å². The highest BCUT2D eigenvalue weighted by atomic mass is 32.1. The molecule has 0 unspecified atom stereocenters. The molecule has 2 aromatic heterocycles. The monoisotopic (exact) mass is 281 g/mol. The molecule has 0 fully saturated rings. The molecule has 0 spiro atoms. The quantitative estimate of drug-likeness (QED) is 0.818. The zero-order valence-electron chi connectivity index (χ0n) is 11.4. The number of nitrogens with one attached hydrogen (secondary N) is 2. The van der Waals surface area contributed by atoms with Crippen LogP contribution in [0.5, 0.6) is 0 Å². The normalized spacial score (nSPS) is 10.9. The van der Waals surface area contributed by atoms with Crippen LogP contribution in [0.1, 0.15) is 12.6 Å². The van der Waals surface area contributed by atoms with Gasteiger partial charge >= 0.3 is 0 Å². The van der Waals surface area contributed by atoms with E-state index in [0.717, 1.165) is 29.6 Å². The molecule has 2 N–H and O–H groups in total. The number of imidazole rings is 1. The van der Waals surface area contributed by atoms with Crippen LogP contribution < -0.4 is 15.5 Å². The van der Waals surface area contributed by atoms with Crippen molar-refractivity contribution in [1.82, 2.24) is 20.0 Å². The first kappa shape index (κ1) is 13.8. The van der Waals surface area contributed by atoms with Crippen molar-refractivity contribution in [2.45, 2.75) is 13.5 Å². The molecule has 0 atom stereocenters. The summed E-state index contributed by atoms with van der Waals surface area (Å²) in [4.78, 5) is 18.9. The summed E-state index contributed by atoms with van der Waals surface area (Å²) in [5.41, 5.74) is 1.09. The van der Waals surface area contributed by atoms with Gasteiger partial charge in [-0.3, -0.25) is 9.20 Å². The summed E-state index contributed by atoms with van der Waals surface area (Å²) in [6.45, 7) is 4.01. The third kappa shape index (κ3) is 2.87. The van der Waals surface area contributed by atoms with E-state index >= 15 is 0 Å². The predicted molar refractivity (Wildman–Crippen MR) is 77.8 cm³/mol. The summed E-state index contributed by atoms with van der Waals surface area (Å²) in [6.07, 6.45) is 2.01. The summed E-state index contributed by atoms with van der Waals surface area (Å²) in [5, 5.41) is 7.95. The van der Waals surface area contributed by atoms with E-state index in [1.54, 1.807) is 18.4 Å². The number of carbonyl (C=O) groups is 1. The number of rotatable bonds is 6. The molecule has 2 rings (SSSR count). The maximum absolute atomic E-state index is 11.5. The van der Waals surface area contributed by atoms with E-state index in [-0.39, 0.29) is 5.91 Å². The Kier molecular flexibility index (Phi) is 4.39. The van der Waals surface area contributed by atoms with Gasteiger partial charge in [-0.1, -0.05) is 6.92 Å². The molecular formula is C12H19N5OS. The van der Waals surface area contributed by atoms with E-state index in [9.17, 15) is 4.79 Å². The summed E-state index contributed by atoms with van der Waals surface area (Å²) in [7, 11) is 3.53. The van der Waals surface area contributed by atoms with Crippen LogP contribution in [0.4, 0.5) is 5.82 Å². The number of likely N-dealkylation sites (N-methyl/N-ethyl adjacent to an activating group) is 2. The molecule has 19 heavy (non-hydrogen) atoms. The molecule has 0 saturated carbocycles. The van der Waals surface area contributed by atoms with Gasteiger partial charge in [0.25, 0.3) is 0 Å². The number of aromatic nitrogens is 2. The molecular weight excluding hydrogens is 262 g/mol. The molecule has 0 aliphatic carbocycles. The third-order valence-corrected chi connectivity index (χ3v) is 3.66. The minimum atomic E-state index is -0.0201. The van der Waals surface area contributed by atoms with E-state index in [1.807, 2.05) is 23.5 Å². The van der Waals surface area contributed by atoms with Gasteiger partial charge in [-0.05, 0) is 6.54 Å². The molecule has 2 heterocycles. The van der Waals surface area contributed by atoms with E-state index in [0.29, 0.717) is 6.54 Å². The zero-order valence-corrected chi connectivity index (χ0v) is 12.3. The number of fused-ring (bicyclic) bond motifs is 1. The zero-order chi connectivity index (χ0) is 13.8. The van der Waals surface area contributed by atoms with Crippen molar-refractivity contribution < 1.29 is 4.79 Å². The minimum absolute atomic E-state index is 0.0201. The fraction of sp³-hybridized carbons (Fsp3) is 0.500. The first-order valence-electron chi connectivity index (χ1n) is 6.24. The Morgan fingerprint density at radius 1 is 1.58 bits per heavy atom. The van der Waals surface area contributed by atoms with Gasteiger partial charge in [0.1, 0.15) is 0 Å². The fourth-order valence-electron chi connectivity index (χ4n) is 1.90. The second kappa shape index (κ2) is 6.03. The van der Waals surface area contributed by atoms with Crippen molar-refractivity contribution in [2.75, 3.05) is 32.1 Å². The largest absolute Gasteiger partial charge is 0.358 e. The van der Waals surface area contributed by atoms with Gasteiger partial charge in [-0.15, -0.1) is 11.3 Å². The molecule has 6 nitrogen and oxygen atoms in total. The van der Waals surface area contributed by atoms with E-state index in [2.05, 4.69) is 26.9 Å². The molecule has 0 bridgehead atoms. The Hall–Kier alpha value is -1.60. The second-order valence-electron chi connectivity index (χ2n) is 4.25. The highest BCUT2D eigenvalue weighted by Gasteiger charge is 2.17. The summed E-state index contributed by atoms with van der Waals surface area (Å²) < 4.78 is 2.07. The van der Waals surface area contributed by atoms with Crippen LogP contribution in [-0.4, -0.2) is 42.5 Å². The van der Waals surface area contributed by atoms with Crippen molar-refractivity contribution >= 4 is 28.0 Å². The smallest absolute Gasteiger partial charge is 0.239 e. The van der Waals surface area contributed by atoms with Gasteiger partial charge in [-0.25, -0.2) is 4.98 Å². The van der Waals surface area contributed by atoms with Crippen LogP contribution in [0, 0.1) is 0 Å². The maximum atomic E-state index is 11.5. The van der Waals surface area contributed by atoms with Crippen molar-refractivity contribution in [3.8, 4) is 0 Å². The van der Waals surface area contributed by atoms with Gasteiger partial charge < -0.3 is 15.5 Å². The standard InChI is InChI=1S/C12H19N5OS/c1-4-14-7-9-11(16(3)8-10(18)13-2)15-12-17(9)5-6-19-12/h5-6,14H,4,7-8H2,1-3H3,(H,13,18). The van der Waals surface area contributed by atoms with Crippen LogP contribution in [-0.2, 0) is 11.3 Å². The van der Waals surface area contributed by atoms with Gasteiger partial charge in [0.05, 0.1) is 12.2 Å². The highest BCUT2D eigenvalue weighted by Crippen LogP contribution is 2.23. The second-order valence-corrected chi connectivity index (χ2v) is 5.12. The van der Waals surface area contributed by atoms with Crippen molar-refractivity contribution in [1.29, 1.82) is 0 Å². The average molecular weight is 281 g/mol. The molecule has 0 aromatic carbocycles. The molecule has 0 aliphatic rings. The van der Waals surface area contributed by atoms with E-state index in [1.165, 1.54) is 0 Å². The molecule has 104 valence electrons. The maximum Gasteiger partial charge on any atom is 0.239 e. The van der Waals surface area contributed by atoms with Crippen LogP contribution in [0.3, 0.4) is 0 Å². The number of hydrogen-bond donors (Lipinski definition) is 2. The Morgan fingerprint density at radius 3 is 3.05 bits per heavy atom. The molecule has 0 aliphatic heterocycles. The van der Waals surface area contributed by atoms with Gasteiger partial charge in [0.15, 0.2) is 10.8 Å². The summed E-state index contributed by atoms with van der Waals surface area (Å²) in [5.74, 6) is 0.838. The van der Waals surface area contributed by atoms with Crippen molar-refractivity contribution in [3.05, 3.63) is 17.3 Å². The van der Waals surface area contributed by atoms with Crippen LogP contribution in [0.25, 0.3) is 4.96 Å². The lowest BCUT2D eigenvalue weighted by Crippen LogP contribution is -2.34. The number of nitrogens with zero attached hydrogens (tertiary/aromatic N) is 3.